The Labute approximate surface area is 112 Å². The number of primary amides is 2. The third-order valence-corrected chi connectivity index (χ3v) is 4.18. The lowest BCUT2D eigenvalue weighted by Crippen LogP contribution is -2.23. The highest BCUT2D eigenvalue weighted by atomic mass is 28.3. The number of nitrogens with two attached hydrogens (primary N) is 2. The molecule has 0 spiro atoms. The smallest absolute Gasteiger partial charge is 0.284 e. The van der Waals surface area contributed by atoms with Gasteiger partial charge in [-0.25, -0.2) is 4.98 Å². The molecule has 0 bridgehead atoms. The summed E-state index contributed by atoms with van der Waals surface area (Å²) in [7, 11) is -1.16. The molecule has 4 N–H and O–H groups in total. The van der Waals surface area contributed by atoms with Crippen LogP contribution < -0.4 is 11.5 Å². The van der Waals surface area contributed by atoms with E-state index in [9.17, 15) is 9.59 Å². The Morgan fingerprint density at radius 1 is 1.32 bits per heavy atom. The average Bonchev–Trinajstić information content (AvgIpc) is 2.67. The van der Waals surface area contributed by atoms with Crippen LogP contribution in [0.1, 0.15) is 21.1 Å². The molecule has 0 aliphatic carbocycles. The summed E-state index contributed by atoms with van der Waals surface area (Å²) in [6.07, 6.45) is 1.37. The van der Waals surface area contributed by atoms with E-state index in [1.807, 2.05) is 0 Å². The maximum absolute atomic E-state index is 11.2. The third-order valence-electron chi connectivity index (χ3n) is 2.48. The fourth-order valence-corrected chi connectivity index (χ4v) is 2.13. The van der Waals surface area contributed by atoms with Gasteiger partial charge in [0.15, 0.2) is 0 Å². The molecule has 0 unspecified atom stereocenters. The lowest BCUT2D eigenvalue weighted by atomic mass is 10.5. The second kappa shape index (κ2) is 5.98. The van der Waals surface area contributed by atoms with Crippen LogP contribution in [0.25, 0.3) is 0 Å². The van der Waals surface area contributed by atoms with Crippen LogP contribution in [0.5, 0.6) is 0 Å². The molecule has 1 rings (SSSR count). The molecule has 0 saturated carbocycles. The minimum Gasteiger partial charge on any atom is -0.364 e. The van der Waals surface area contributed by atoms with Crippen molar-refractivity contribution in [2.75, 3.05) is 6.61 Å². The second-order valence-corrected chi connectivity index (χ2v) is 11.1. The Kier molecular flexibility index (Phi) is 4.84. The van der Waals surface area contributed by atoms with Gasteiger partial charge in [-0.2, -0.15) is 0 Å². The van der Waals surface area contributed by atoms with Gasteiger partial charge in [-0.15, -0.1) is 0 Å². The first-order valence-electron chi connectivity index (χ1n) is 5.95. The first-order chi connectivity index (χ1) is 8.70. The van der Waals surface area contributed by atoms with Gasteiger partial charge in [0.25, 0.3) is 11.8 Å². The summed E-state index contributed by atoms with van der Waals surface area (Å²) >= 11 is 0. The number of aromatic nitrogens is 2. The number of ether oxygens (including phenoxy) is 1. The summed E-state index contributed by atoms with van der Waals surface area (Å²) in [5.41, 5.74) is 10.3. The van der Waals surface area contributed by atoms with Crippen LogP contribution in [0.4, 0.5) is 0 Å². The lowest BCUT2D eigenvalue weighted by Gasteiger charge is -2.15. The van der Waals surface area contributed by atoms with Crippen molar-refractivity contribution in [3.8, 4) is 0 Å². The van der Waals surface area contributed by atoms with E-state index in [2.05, 4.69) is 24.6 Å². The summed E-state index contributed by atoms with van der Waals surface area (Å²) in [6.45, 7) is 7.45. The molecular weight excluding hydrogens is 264 g/mol. The normalized spacial score (nSPS) is 11.5. The highest BCUT2D eigenvalue weighted by Crippen LogP contribution is 2.09. The van der Waals surface area contributed by atoms with Crippen LogP contribution in [0.15, 0.2) is 6.20 Å². The first kappa shape index (κ1) is 15.4. The second-order valence-electron chi connectivity index (χ2n) is 5.50. The van der Waals surface area contributed by atoms with Crippen molar-refractivity contribution in [3.05, 3.63) is 17.7 Å². The van der Waals surface area contributed by atoms with E-state index < -0.39 is 19.9 Å². The number of imidazole rings is 1. The van der Waals surface area contributed by atoms with Gasteiger partial charge in [-0.1, -0.05) is 19.6 Å². The third kappa shape index (κ3) is 4.84. The van der Waals surface area contributed by atoms with Gasteiger partial charge in [-0.3, -0.25) is 9.59 Å². The molecule has 0 aliphatic heterocycles. The van der Waals surface area contributed by atoms with Crippen LogP contribution in [-0.4, -0.2) is 36.0 Å². The number of carbonyl (C=O) groups excluding carboxylic acids is 2. The molecule has 7 nitrogen and oxygen atoms in total. The lowest BCUT2D eigenvalue weighted by molar-refractivity contribution is 0.0800. The molecule has 106 valence electrons. The van der Waals surface area contributed by atoms with Crippen molar-refractivity contribution in [3.63, 3.8) is 0 Å². The van der Waals surface area contributed by atoms with Crippen LogP contribution in [0.2, 0.25) is 25.7 Å². The zero-order valence-electron chi connectivity index (χ0n) is 11.5. The van der Waals surface area contributed by atoms with Crippen LogP contribution in [0, 0.1) is 0 Å². The maximum Gasteiger partial charge on any atom is 0.284 e. The van der Waals surface area contributed by atoms with Crippen molar-refractivity contribution in [2.24, 2.45) is 11.5 Å². The molecule has 0 saturated heterocycles. The maximum atomic E-state index is 11.2. The Hall–Kier alpha value is -1.67. The molecule has 0 atom stereocenters. The highest BCUT2D eigenvalue weighted by molar-refractivity contribution is 6.76. The number of amides is 2. The quantitative estimate of drug-likeness (QED) is 0.557. The molecule has 0 fully saturated rings. The van der Waals surface area contributed by atoms with Crippen LogP contribution in [0.3, 0.4) is 0 Å². The van der Waals surface area contributed by atoms with Gasteiger partial charge < -0.3 is 20.8 Å². The highest BCUT2D eigenvalue weighted by Gasteiger charge is 2.16. The van der Waals surface area contributed by atoms with E-state index in [4.69, 9.17) is 16.2 Å². The molecule has 1 heterocycles. The molecular formula is C11H20N4O3Si. The van der Waals surface area contributed by atoms with Gasteiger partial charge in [0.1, 0.15) is 12.4 Å². The monoisotopic (exact) mass is 284 g/mol. The van der Waals surface area contributed by atoms with Crippen molar-refractivity contribution < 1.29 is 14.3 Å². The minimum atomic E-state index is -1.16. The molecule has 2 amide bonds. The molecule has 0 aromatic carbocycles. The fraction of sp³-hybridized carbons (Fsp3) is 0.545. The molecule has 19 heavy (non-hydrogen) atoms. The summed E-state index contributed by atoms with van der Waals surface area (Å²) in [4.78, 5) is 26.0. The number of nitrogens with zero attached hydrogens (tertiary/aromatic N) is 2. The van der Waals surface area contributed by atoms with Crippen molar-refractivity contribution in [1.29, 1.82) is 0 Å². The van der Waals surface area contributed by atoms with Crippen LogP contribution in [-0.2, 0) is 11.5 Å². The molecule has 0 aliphatic rings. The predicted molar refractivity (Wildman–Crippen MR) is 73.4 cm³/mol. The van der Waals surface area contributed by atoms with E-state index in [1.54, 1.807) is 0 Å². The first-order valence-corrected chi connectivity index (χ1v) is 9.66. The molecule has 8 heteroatoms. The van der Waals surface area contributed by atoms with E-state index in [0.29, 0.717) is 6.61 Å². The minimum absolute atomic E-state index is 0.00240. The summed E-state index contributed by atoms with van der Waals surface area (Å²) in [6, 6.07) is 1.01. The van der Waals surface area contributed by atoms with E-state index >= 15 is 0 Å². The molecule has 1 aromatic rings. The zero-order valence-corrected chi connectivity index (χ0v) is 12.5. The van der Waals surface area contributed by atoms with Gasteiger partial charge in [0.2, 0.25) is 5.82 Å². The fourth-order valence-electron chi connectivity index (χ4n) is 1.37. The summed E-state index contributed by atoms with van der Waals surface area (Å²) in [5, 5.41) is 0. The summed E-state index contributed by atoms with van der Waals surface area (Å²) < 4.78 is 6.87. The van der Waals surface area contributed by atoms with Crippen molar-refractivity contribution >= 4 is 19.9 Å². The van der Waals surface area contributed by atoms with E-state index in [1.165, 1.54) is 10.8 Å². The Balaban J connectivity index is 2.67. The molecule has 1 aromatic heterocycles. The van der Waals surface area contributed by atoms with E-state index in [0.717, 1.165) is 6.04 Å². The van der Waals surface area contributed by atoms with Gasteiger partial charge in [0, 0.05) is 20.9 Å². The predicted octanol–water partition coefficient (Wildman–Crippen LogP) is 0.393. The number of hydrogen-bond acceptors (Lipinski definition) is 4. The standard InChI is InChI=1S/C11H20N4O3Si/c1-19(2,3)5-4-18-7-15-6-8(9(12)16)14-11(15)10(13)17/h6H,4-5,7H2,1-3H3,(H2,12,16)(H2,13,17). The Bertz CT molecular complexity index is 479. The number of hydrogen-bond donors (Lipinski definition) is 2. The Morgan fingerprint density at radius 3 is 2.42 bits per heavy atom. The zero-order chi connectivity index (χ0) is 14.6. The average molecular weight is 284 g/mol. The van der Waals surface area contributed by atoms with E-state index in [-0.39, 0.29) is 18.2 Å². The van der Waals surface area contributed by atoms with Crippen LogP contribution >= 0.6 is 0 Å². The molecule has 0 radical (unpaired) electrons. The topological polar surface area (TPSA) is 113 Å². The number of carbonyl (C=O) groups is 2. The van der Waals surface area contributed by atoms with Gasteiger partial charge in [0.05, 0.1) is 0 Å². The van der Waals surface area contributed by atoms with Gasteiger partial charge in [-0.05, 0) is 6.04 Å². The van der Waals surface area contributed by atoms with Gasteiger partial charge >= 0.3 is 0 Å². The Morgan fingerprint density at radius 2 is 1.95 bits per heavy atom. The number of rotatable bonds is 7. The van der Waals surface area contributed by atoms with Crippen molar-refractivity contribution in [2.45, 2.75) is 32.4 Å². The SMILES string of the molecule is C[Si](C)(C)CCOCn1cc(C(N)=O)nc1C(N)=O. The van der Waals surface area contributed by atoms with Crippen molar-refractivity contribution in [1.82, 2.24) is 9.55 Å². The largest absolute Gasteiger partial charge is 0.364 e. The summed E-state index contributed by atoms with van der Waals surface area (Å²) in [5.74, 6) is -1.45.